The monoisotopic (exact) mass is 333 g/mol. The Labute approximate surface area is 116 Å². The van der Waals surface area contributed by atoms with Crippen LogP contribution in [0.25, 0.3) is 0 Å². The van der Waals surface area contributed by atoms with E-state index in [0.29, 0.717) is 29.1 Å². The molecule has 1 heterocycles. The molecular weight excluding hydrogens is 318 g/mol. The molecule has 1 atom stereocenters. The number of nitrogens with zero attached hydrogens (tertiary/aromatic N) is 1. The highest BCUT2D eigenvalue weighted by molar-refractivity contribution is 9.10. The summed E-state index contributed by atoms with van der Waals surface area (Å²) in [5.41, 5.74) is 1.02. The molecule has 0 spiro atoms. The lowest BCUT2D eigenvalue weighted by atomic mass is 10.2. The molecule has 0 aromatic heterocycles. The van der Waals surface area contributed by atoms with Crippen LogP contribution in [0.5, 0.6) is 0 Å². The Bertz CT molecular complexity index is 544. The molecule has 0 saturated carbocycles. The fourth-order valence-corrected chi connectivity index (χ4v) is 4.76. The van der Waals surface area contributed by atoms with E-state index in [1.54, 1.807) is 6.07 Å². The van der Waals surface area contributed by atoms with Crippen LogP contribution >= 0.6 is 15.9 Å². The van der Waals surface area contributed by atoms with Gasteiger partial charge < -0.3 is 4.74 Å². The highest BCUT2D eigenvalue weighted by Gasteiger charge is 2.32. The van der Waals surface area contributed by atoms with Crippen molar-refractivity contribution in [3.63, 3.8) is 0 Å². The second-order valence-corrected chi connectivity index (χ2v) is 7.19. The van der Waals surface area contributed by atoms with Crippen LogP contribution in [0.15, 0.2) is 27.6 Å². The number of hydrogen-bond acceptors (Lipinski definition) is 3. The second-order valence-electron chi connectivity index (χ2n) is 4.47. The molecule has 6 heteroatoms. The van der Waals surface area contributed by atoms with E-state index in [2.05, 4.69) is 15.9 Å². The first-order valence-corrected chi connectivity index (χ1v) is 8.02. The highest BCUT2D eigenvalue weighted by atomic mass is 79.9. The van der Waals surface area contributed by atoms with Crippen LogP contribution in [0.2, 0.25) is 0 Å². The van der Waals surface area contributed by atoms with Gasteiger partial charge in [0.2, 0.25) is 10.0 Å². The Hall–Kier alpha value is -0.430. The number of hydrogen-bond donors (Lipinski definition) is 0. The van der Waals surface area contributed by atoms with Gasteiger partial charge >= 0.3 is 0 Å². The topological polar surface area (TPSA) is 46.6 Å². The minimum Gasteiger partial charge on any atom is -0.378 e. The quantitative estimate of drug-likeness (QED) is 0.833. The summed E-state index contributed by atoms with van der Waals surface area (Å²) in [5.74, 6) is 0. The van der Waals surface area contributed by atoms with Crippen LogP contribution < -0.4 is 0 Å². The maximum Gasteiger partial charge on any atom is 0.244 e. The number of aryl methyl sites for hydroxylation is 1. The lowest BCUT2D eigenvalue weighted by molar-refractivity contribution is 0.0392. The van der Waals surface area contributed by atoms with E-state index in [1.807, 2.05) is 26.0 Å². The maximum atomic E-state index is 12.6. The molecule has 0 radical (unpaired) electrons. The van der Waals surface area contributed by atoms with Gasteiger partial charge in [0.25, 0.3) is 0 Å². The van der Waals surface area contributed by atoms with Gasteiger partial charge in [0, 0.05) is 17.1 Å². The number of halogens is 1. The van der Waals surface area contributed by atoms with E-state index in [9.17, 15) is 8.42 Å². The molecule has 1 aromatic rings. The summed E-state index contributed by atoms with van der Waals surface area (Å²) < 4.78 is 32.5. The average molecular weight is 334 g/mol. The lowest BCUT2D eigenvalue weighted by Crippen LogP contribution is -2.47. The molecule has 0 aliphatic carbocycles. The van der Waals surface area contributed by atoms with Crippen molar-refractivity contribution in [1.29, 1.82) is 0 Å². The zero-order valence-electron chi connectivity index (χ0n) is 10.4. The summed E-state index contributed by atoms with van der Waals surface area (Å²) in [4.78, 5) is 0.321. The molecule has 0 N–H and O–H groups in total. The van der Waals surface area contributed by atoms with Crippen LogP contribution in [0.1, 0.15) is 12.5 Å². The van der Waals surface area contributed by atoms with E-state index >= 15 is 0 Å². The Morgan fingerprint density at radius 2 is 2.17 bits per heavy atom. The molecule has 1 unspecified atom stereocenters. The zero-order valence-corrected chi connectivity index (χ0v) is 12.8. The van der Waals surface area contributed by atoms with Crippen molar-refractivity contribution < 1.29 is 13.2 Å². The van der Waals surface area contributed by atoms with E-state index in [1.165, 1.54) is 4.31 Å². The minimum atomic E-state index is -3.45. The molecule has 100 valence electrons. The van der Waals surface area contributed by atoms with Crippen LogP contribution in [-0.2, 0) is 14.8 Å². The SMILES string of the molecule is Cc1ccc(S(=O)(=O)N2CCOCC2C)c(Br)c1. The number of ether oxygens (including phenoxy) is 1. The number of rotatable bonds is 2. The van der Waals surface area contributed by atoms with Gasteiger partial charge in [0.15, 0.2) is 0 Å². The van der Waals surface area contributed by atoms with Crippen molar-refractivity contribution in [3.05, 3.63) is 28.2 Å². The summed E-state index contributed by atoms with van der Waals surface area (Å²) >= 11 is 3.33. The molecule has 1 aliphatic rings. The van der Waals surface area contributed by atoms with Crippen molar-refractivity contribution in [2.24, 2.45) is 0 Å². The standard InChI is InChI=1S/C12H16BrNO3S/c1-9-3-4-12(11(13)7-9)18(15,16)14-5-6-17-8-10(14)2/h3-4,7,10H,5-6,8H2,1-2H3. The molecule has 4 nitrogen and oxygen atoms in total. The van der Waals surface area contributed by atoms with E-state index in [4.69, 9.17) is 4.74 Å². The van der Waals surface area contributed by atoms with Gasteiger partial charge in [-0.05, 0) is 47.5 Å². The number of sulfonamides is 1. The van der Waals surface area contributed by atoms with Gasteiger partial charge in [-0.15, -0.1) is 0 Å². The smallest absolute Gasteiger partial charge is 0.244 e. The summed E-state index contributed by atoms with van der Waals surface area (Å²) in [5, 5.41) is 0. The van der Waals surface area contributed by atoms with Gasteiger partial charge in [-0.1, -0.05) is 6.07 Å². The normalized spacial score (nSPS) is 22.1. The summed E-state index contributed by atoms with van der Waals surface area (Å²) in [6.45, 7) is 5.09. The highest BCUT2D eigenvalue weighted by Crippen LogP contribution is 2.27. The Morgan fingerprint density at radius 1 is 1.44 bits per heavy atom. The first-order valence-electron chi connectivity index (χ1n) is 5.78. The third-order valence-electron chi connectivity index (χ3n) is 2.98. The van der Waals surface area contributed by atoms with Crippen LogP contribution in [0.4, 0.5) is 0 Å². The van der Waals surface area contributed by atoms with Gasteiger partial charge in [0.1, 0.15) is 0 Å². The van der Waals surface area contributed by atoms with Crippen molar-refractivity contribution in [3.8, 4) is 0 Å². The van der Waals surface area contributed by atoms with Crippen molar-refractivity contribution in [2.45, 2.75) is 24.8 Å². The predicted octanol–water partition coefficient (Wildman–Crippen LogP) is 2.17. The van der Waals surface area contributed by atoms with E-state index < -0.39 is 10.0 Å². The fourth-order valence-electron chi connectivity index (χ4n) is 2.01. The molecule has 0 bridgehead atoms. The van der Waals surface area contributed by atoms with Crippen LogP contribution in [0, 0.1) is 6.92 Å². The van der Waals surface area contributed by atoms with Gasteiger partial charge in [-0.3, -0.25) is 0 Å². The number of morpholine rings is 1. The third-order valence-corrected chi connectivity index (χ3v) is 5.97. The van der Waals surface area contributed by atoms with Crippen LogP contribution in [-0.4, -0.2) is 38.5 Å². The molecular formula is C12H16BrNO3S. The Morgan fingerprint density at radius 3 is 2.78 bits per heavy atom. The predicted molar refractivity (Wildman–Crippen MR) is 73.1 cm³/mol. The number of benzene rings is 1. The summed E-state index contributed by atoms with van der Waals surface area (Å²) in [7, 11) is -3.45. The fraction of sp³-hybridized carbons (Fsp3) is 0.500. The molecule has 2 rings (SSSR count). The Kier molecular flexibility index (Phi) is 4.11. The largest absolute Gasteiger partial charge is 0.378 e. The third kappa shape index (κ3) is 2.61. The first-order chi connectivity index (χ1) is 8.43. The van der Waals surface area contributed by atoms with E-state index in [0.717, 1.165) is 5.56 Å². The van der Waals surface area contributed by atoms with Gasteiger partial charge in [-0.25, -0.2) is 8.42 Å². The molecule has 1 aliphatic heterocycles. The molecule has 1 saturated heterocycles. The average Bonchev–Trinajstić information content (AvgIpc) is 2.28. The van der Waals surface area contributed by atoms with Crippen molar-refractivity contribution in [1.82, 2.24) is 4.31 Å². The molecule has 18 heavy (non-hydrogen) atoms. The minimum absolute atomic E-state index is 0.128. The molecule has 1 aromatic carbocycles. The summed E-state index contributed by atoms with van der Waals surface area (Å²) in [6.07, 6.45) is 0. The second kappa shape index (κ2) is 5.28. The van der Waals surface area contributed by atoms with Crippen molar-refractivity contribution in [2.75, 3.05) is 19.8 Å². The van der Waals surface area contributed by atoms with Crippen LogP contribution in [0.3, 0.4) is 0 Å². The van der Waals surface area contributed by atoms with Gasteiger partial charge in [-0.2, -0.15) is 4.31 Å². The zero-order chi connectivity index (χ0) is 13.3. The Balaban J connectivity index is 2.41. The lowest BCUT2D eigenvalue weighted by Gasteiger charge is -2.32. The van der Waals surface area contributed by atoms with Gasteiger partial charge in [0.05, 0.1) is 18.1 Å². The van der Waals surface area contributed by atoms with E-state index in [-0.39, 0.29) is 6.04 Å². The maximum absolute atomic E-state index is 12.6. The molecule has 0 amide bonds. The van der Waals surface area contributed by atoms with Crippen molar-refractivity contribution >= 4 is 26.0 Å². The first kappa shape index (κ1) is 14.0. The summed E-state index contributed by atoms with van der Waals surface area (Å²) in [6, 6.07) is 5.15. The molecule has 1 fully saturated rings.